The Bertz CT molecular complexity index is 879. The zero-order valence-corrected chi connectivity index (χ0v) is 14.3. The highest BCUT2D eigenvalue weighted by atomic mass is 32.2. The minimum Gasteiger partial charge on any atom is -0.340 e. The summed E-state index contributed by atoms with van der Waals surface area (Å²) < 4.78 is 0. The van der Waals surface area contributed by atoms with E-state index in [0.29, 0.717) is 6.54 Å². The van der Waals surface area contributed by atoms with Gasteiger partial charge < -0.3 is 4.90 Å². The molecule has 3 nitrogen and oxygen atoms in total. The molecule has 4 rings (SSSR count). The van der Waals surface area contributed by atoms with E-state index in [0.717, 1.165) is 22.9 Å². The highest BCUT2D eigenvalue weighted by Crippen LogP contribution is 2.37. The first-order chi connectivity index (χ1) is 11.7. The number of hydrogen-bond acceptors (Lipinski definition) is 3. The van der Waals surface area contributed by atoms with Crippen molar-refractivity contribution >= 4 is 28.6 Å². The molecule has 0 spiro atoms. The summed E-state index contributed by atoms with van der Waals surface area (Å²) in [7, 11) is 1.89. The van der Waals surface area contributed by atoms with E-state index in [1.54, 1.807) is 18.0 Å². The quantitative estimate of drug-likeness (QED) is 0.728. The van der Waals surface area contributed by atoms with Gasteiger partial charge in [0.15, 0.2) is 0 Å². The van der Waals surface area contributed by atoms with Crippen LogP contribution in [0.4, 0.5) is 0 Å². The minimum absolute atomic E-state index is 0.0134. The molecule has 2 aromatic carbocycles. The Balaban J connectivity index is 1.52. The number of amides is 1. The number of aromatic nitrogens is 1. The van der Waals surface area contributed by atoms with Gasteiger partial charge in [-0.2, -0.15) is 0 Å². The summed E-state index contributed by atoms with van der Waals surface area (Å²) >= 11 is 1.68. The van der Waals surface area contributed by atoms with Gasteiger partial charge in [-0.1, -0.05) is 36.4 Å². The van der Waals surface area contributed by atoms with Crippen molar-refractivity contribution in [3.8, 4) is 0 Å². The molecule has 0 bridgehead atoms. The van der Waals surface area contributed by atoms with Crippen molar-refractivity contribution in [2.45, 2.75) is 23.1 Å². The molecule has 4 heteroatoms. The summed E-state index contributed by atoms with van der Waals surface area (Å²) in [6, 6.07) is 18.4. The number of hydrogen-bond donors (Lipinski definition) is 0. The van der Waals surface area contributed by atoms with Gasteiger partial charge in [0.1, 0.15) is 0 Å². The molecule has 0 saturated carbocycles. The predicted molar refractivity (Wildman–Crippen MR) is 98.0 cm³/mol. The lowest BCUT2D eigenvalue weighted by Gasteiger charge is -2.21. The van der Waals surface area contributed by atoms with Gasteiger partial charge in [-0.3, -0.25) is 9.78 Å². The number of pyridine rings is 1. The zero-order valence-electron chi connectivity index (χ0n) is 13.5. The SMILES string of the molecule is CN(Cc1cccc2ncccc12)C(=O)[C@H]1Cc2ccccc2S1. The standard InChI is InChI=1S/C20H18N2OS/c1-22(13-15-7-4-9-17-16(15)8-5-11-21-17)20(23)19-12-14-6-2-3-10-18(14)24-19/h2-11,19H,12-13H2,1H3/t19-/m1/s1. The first-order valence-electron chi connectivity index (χ1n) is 8.04. The van der Waals surface area contributed by atoms with Crippen LogP contribution in [-0.2, 0) is 17.8 Å². The maximum absolute atomic E-state index is 12.8. The number of benzene rings is 2. The number of rotatable bonds is 3. The van der Waals surface area contributed by atoms with Crippen LogP contribution in [0.2, 0.25) is 0 Å². The van der Waals surface area contributed by atoms with E-state index in [-0.39, 0.29) is 11.2 Å². The summed E-state index contributed by atoms with van der Waals surface area (Å²) in [5.74, 6) is 0.192. The van der Waals surface area contributed by atoms with Crippen molar-refractivity contribution in [1.82, 2.24) is 9.88 Å². The topological polar surface area (TPSA) is 33.2 Å². The second kappa shape index (κ2) is 6.29. The summed E-state index contributed by atoms with van der Waals surface area (Å²) in [6.07, 6.45) is 2.62. The molecule has 1 aliphatic heterocycles. The molecule has 1 aromatic heterocycles. The largest absolute Gasteiger partial charge is 0.340 e. The molecule has 24 heavy (non-hydrogen) atoms. The van der Waals surface area contributed by atoms with Crippen LogP contribution in [0, 0.1) is 0 Å². The van der Waals surface area contributed by atoms with E-state index in [9.17, 15) is 4.79 Å². The number of fused-ring (bicyclic) bond motifs is 2. The van der Waals surface area contributed by atoms with Gasteiger partial charge >= 0.3 is 0 Å². The van der Waals surface area contributed by atoms with E-state index in [4.69, 9.17) is 0 Å². The van der Waals surface area contributed by atoms with E-state index >= 15 is 0 Å². The monoisotopic (exact) mass is 334 g/mol. The van der Waals surface area contributed by atoms with Crippen molar-refractivity contribution in [1.29, 1.82) is 0 Å². The van der Waals surface area contributed by atoms with Gasteiger partial charge in [-0.15, -0.1) is 11.8 Å². The third-order valence-electron chi connectivity index (χ3n) is 4.44. The van der Waals surface area contributed by atoms with Crippen LogP contribution in [0.5, 0.6) is 0 Å². The van der Waals surface area contributed by atoms with Crippen LogP contribution >= 0.6 is 11.8 Å². The lowest BCUT2D eigenvalue weighted by Crippen LogP contribution is -2.34. The predicted octanol–water partition coefficient (Wildman–Crippen LogP) is 3.91. The van der Waals surface area contributed by atoms with Crippen molar-refractivity contribution in [2.24, 2.45) is 0 Å². The van der Waals surface area contributed by atoms with Crippen LogP contribution < -0.4 is 0 Å². The Hall–Kier alpha value is -2.33. The fourth-order valence-corrected chi connectivity index (χ4v) is 4.51. The summed E-state index contributed by atoms with van der Waals surface area (Å²) in [4.78, 5) is 20.3. The third-order valence-corrected chi connectivity index (χ3v) is 5.75. The lowest BCUT2D eigenvalue weighted by molar-refractivity contribution is -0.129. The molecule has 1 amide bonds. The van der Waals surface area contributed by atoms with E-state index in [1.807, 2.05) is 42.3 Å². The van der Waals surface area contributed by atoms with E-state index in [1.165, 1.54) is 10.5 Å². The maximum atomic E-state index is 12.8. The van der Waals surface area contributed by atoms with Crippen LogP contribution in [0.15, 0.2) is 65.7 Å². The number of carbonyl (C=O) groups is 1. The summed E-state index contributed by atoms with van der Waals surface area (Å²) in [5, 5.41) is 1.10. The third kappa shape index (κ3) is 2.78. The second-order valence-corrected chi connectivity index (χ2v) is 7.34. The Morgan fingerprint density at radius 3 is 2.92 bits per heavy atom. The molecule has 1 aliphatic rings. The molecular weight excluding hydrogens is 316 g/mol. The van der Waals surface area contributed by atoms with Crippen molar-refractivity contribution in [3.63, 3.8) is 0 Å². The molecule has 3 aromatic rings. The van der Waals surface area contributed by atoms with Gasteiger partial charge in [0.25, 0.3) is 0 Å². The molecule has 0 saturated heterocycles. The highest BCUT2D eigenvalue weighted by molar-refractivity contribution is 8.01. The van der Waals surface area contributed by atoms with Crippen molar-refractivity contribution in [2.75, 3.05) is 7.05 Å². The molecule has 0 fully saturated rings. The number of carbonyl (C=O) groups excluding carboxylic acids is 1. The van der Waals surface area contributed by atoms with Gasteiger partial charge in [0, 0.05) is 30.1 Å². The molecule has 1 atom stereocenters. The summed E-state index contributed by atoms with van der Waals surface area (Å²) in [5.41, 5.74) is 3.39. The van der Waals surface area contributed by atoms with Crippen LogP contribution in [0.3, 0.4) is 0 Å². The fraction of sp³-hybridized carbons (Fsp3) is 0.200. The molecule has 120 valence electrons. The van der Waals surface area contributed by atoms with Gasteiger partial charge in [0.2, 0.25) is 5.91 Å². The Morgan fingerprint density at radius 1 is 1.17 bits per heavy atom. The van der Waals surface area contributed by atoms with Gasteiger partial charge in [0.05, 0.1) is 10.8 Å². The summed E-state index contributed by atoms with van der Waals surface area (Å²) in [6.45, 7) is 0.606. The average Bonchev–Trinajstić information content (AvgIpc) is 3.05. The highest BCUT2D eigenvalue weighted by Gasteiger charge is 2.30. The molecular formula is C20H18N2OS. The molecule has 0 aliphatic carbocycles. The lowest BCUT2D eigenvalue weighted by atomic mass is 10.1. The van der Waals surface area contributed by atoms with Crippen molar-refractivity contribution < 1.29 is 4.79 Å². The molecule has 2 heterocycles. The normalized spacial score (nSPS) is 16.1. The van der Waals surface area contributed by atoms with E-state index < -0.39 is 0 Å². The van der Waals surface area contributed by atoms with Gasteiger partial charge in [-0.25, -0.2) is 0 Å². The van der Waals surface area contributed by atoms with Crippen molar-refractivity contribution in [3.05, 3.63) is 71.9 Å². The van der Waals surface area contributed by atoms with Gasteiger partial charge in [-0.05, 0) is 35.7 Å². The second-order valence-electron chi connectivity index (χ2n) is 6.10. The van der Waals surface area contributed by atoms with Crippen LogP contribution in [0.1, 0.15) is 11.1 Å². The van der Waals surface area contributed by atoms with Crippen LogP contribution in [0.25, 0.3) is 10.9 Å². The fourth-order valence-electron chi connectivity index (χ4n) is 3.20. The Kier molecular flexibility index (Phi) is 3.98. The maximum Gasteiger partial charge on any atom is 0.236 e. The molecule has 0 radical (unpaired) electrons. The number of thioether (sulfide) groups is 1. The average molecular weight is 334 g/mol. The molecule has 0 unspecified atom stereocenters. The van der Waals surface area contributed by atoms with E-state index in [2.05, 4.69) is 29.2 Å². The smallest absolute Gasteiger partial charge is 0.236 e. The first kappa shape index (κ1) is 15.2. The Morgan fingerprint density at radius 2 is 2.04 bits per heavy atom. The number of nitrogens with zero attached hydrogens (tertiary/aromatic N) is 2. The van der Waals surface area contributed by atoms with Crippen LogP contribution in [-0.4, -0.2) is 28.1 Å². The Labute approximate surface area is 145 Å². The zero-order chi connectivity index (χ0) is 16.5. The first-order valence-corrected chi connectivity index (χ1v) is 8.92. The molecule has 0 N–H and O–H groups in total. The minimum atomic E-state index is -0.0134.